The van der Waals surface area contributed by atoms with Crippen molar-refractivity contribution in [2.45, 2.75) is 12.5 Å². The number of hydrogen-bond donors (Lipinski definition) is 1. The summed E-state index contributed by atoms with van der Waals surface area (Å²) in [5, 5.41) is 3.48. The quantitative estimate of drug-likeness (QED) is 0.577. The van der Waals surface area contributed by atoms with Crippen LogP contribution in [0.25, 0.3) is 0 Å². The van der Waals surface area contributed by atoms with Gasteiger partial charge >= 0.3 is 0 Å². The molecule has 3 nitrogen and oxygen atoms in total. The summed E-state index contributed by atoms with van der Waals surface area (Å²) < 4.78 is 13.2. The highest BCUT2D eigenvalue weighted by molar-refractivity contribution is 5.51. The van der Waals surface area contributed by atoms with Crippen LogP contribution in [0.15, 0.2) is 12.3 Å². The molecule has 2 aliphatic rings. The summed E-state index contributed by atoms with van der Waals surface area (Å²) in [5.41, 5.74) is 1.17. The third-order valence-electron chi connectivity index (χ3n) is 3.58. The lowest BCUT2D eigenvalue weighted by molar-refractivity contribution is 0.474. The van der Waals surface area contributed by atoms with Crippen molar-refractivity contribution in [3.63, 3.8) is 0 Å². The van der Waals surface area contributed by atoms with Crippen molar-refractivity contribution in [2.75, 3.05) is 24.5 Å². The van der Waals surface area contributed by atoms with E-state index in [-0.39, 0.29) is 5.56 Å². The maximum atomic E-state index is 13.2. The first-order valence-corrected chi connectivity index (χ1v) is 5.87. The van der Waals surface area contributed by atoms with E-state index in [4.69, 9.17) is 6.42 Å². The van der Waals surface area contributed by atoms with E-state index in [9.17, 15) is 4.39 Å². The highest BCUT2D eigenvalue weighted by atomic mass is 19.1. The van der Waals surface area contributed by atoms with Gasteiger partial charge in [0, 0.05) is 25.7 Å². The number of halogens is 1. The van der Waals surface area contributed by atoms with Crippen LogP contribution in [0.4, 0.5) is 10.1 Å². The first kappa shape index (κ1) is 10.5. The van der Waals surface area contributed by atoms with Gasteiger partial charge in [0.05, 0.1) is 17.4 Å². The molecule has 1 N–H and O–H groups in total. The van der Waals surface area contributed by atoms with E-state index < -0.39 is 5.95 Å². The van der Waals surface area contributed by atoms with Crippen molar-refractivity contribution >= 4 is 5.69 Å². The van der Waals surface area contributed by atoms with Crippen LogP contribution in [0.1, 0.15) is 12.0 Å². The molecule has 1 aromatic rings. The molecular formula is C13H14FN3. The summed E-state index contributed by atoms with van der Waals surface area (Å²) in [6.45, 7) is 3.03. The van der Waals surface area contributed by atoms with Gasteiger partial charge in [-0.25, -0.2) is 4.98 Å². The molecule has 3 rings (SSSR count). The van der Waals surface area contributed by atoms with Crippen molar-refractivity contribution in [3.05, 3.63) is 23.8 Å². The number of piperidine rings is 1. The molecule has 1 aromatic heterocycles. The molecule has 3 heterocycles. The average molecular weight is 231 g/mol. The van der Waals surface area contributed by atoms with Crippen LogP contribution in [0.2, 0.25) is 0 Å². The third kappa shape index (κ3) is 1.87. The molecule has 0 amide bonds. The molecule has 88 valence electrons. The Morgan fingerprint density at radius 3 is 3.18 bits per heavy atom. The van der Waals surface area contributed by atoms with E-state index in [2.05, 4.69) is 21.1 Å². The number of terminal acetylenes is 1. The lowest BCUT2D eigenvalue weighted by Gasteiger charge is -2.32. The topological polar surface area (TPSA) is 28.2 Å². The van der Waals surface area contributed by atoms with Gasteiger partial charge in [0.15, 0.2) is 0 Å². The standard InChI is InChI=1S/C13H14FN3/c1-2-10-4-12(6-16-13(10)14)17-7-9-3-11(8-17)15-5-9/h1,4,6,9,11,15H,3,5,7-8H2/t9-,11-/m0/s1. The maximum absolute atomic E-state index is 13.2. The Bertz CT molecular complexity index is 468. The first-order valence-electron chi connectivity index (χ1n) is 5.87. The molecule has 2 fully saturated rings. The fourth-order valence-electron chi connectivity index (χ4n) is 2.75. The molecule has 2 saturated heterocycles. The van der Waals surface area contributed by atoms with E-state index in [1.807, 2.05) is 0 Å². The van der Waals surface area contributed by atoms with Gasteiger partial charge < -0.3 is 10.2 Å². The number of aromatic nitrogens is 1. The van der Waals surface area contributed by atoms with Gasteiger partial charge in [-0.2, -0.15) is 4.39 Å². The lowest BCUT2D eigenvalue weighted by Crippen LogP contribution is -2.41. The molecule has 0 aliphatic carbocycles. The largest absolute Gasteiger partial charge is 0.368 e. The van der Waals surface area contributed by atoms with Crippen molar-refractivity contribution in [3.8, 4) is 12.3 Å². The Balaban J connectivity index is 1.87. The Kier molecular flexibility index (Phi) is 2.49. The Morgan fingerprint density at radius 2 is 2.41 bits per heavy atom. The van der Waals surface area contributed by atoms with E-state index in [0.717, 1.165) is 25.3 Å². The molecule has 4 heteroatoms. The smallest absolute Gasteiger partial charge is 0.228 e. The monoisotopic (exact) mass is 231 g/mol. The molecule has 2 atom stereocenters. The van der Waals surface area contributed by atoms with Gasteiger partial charge in [-0.1, -0.05) is 5.92 Å². The van der Waals surface area contributed by atoms with Gasteiger partial charge in [-0.3, -0.25) is 0 Å². The van der Waals surface area contributed by atoms with Crippen LogP contribution in [0, 0.1) is 24.2 Å². The number of anilines is 1. The summed E-state index contributed by atoms with van der Waals surface area (Å²) >= 11 is 0. The Hall–Kier alpha value is -1.60. The van der Waals surface area contributed by atoms with Gasteiger partial charge in [0.2, 0.25) is 5.95 Å². The molecule has 0 aromatic carbocycles. The van der Waals surface area contributed by atoms with Crippen molar-refractivity contribution in [2.24, 2.45) is 5.92 Å². The number of nitrogens with one attached hydrogen (secondary N) is 1. The minimum absolute atomic E-state index is 0.244. The van der Waals surface area contributed by atoms with E-state index in [1.54, 1.807) is 12.3 Å². The van der Waals surface area contributed by atoms with Gasteiger partial charge in [0.1, 0.15) is 0 Å². The molecule has 2 bridgehead atoms. The summed E-state index contributed by atoms with van der Waals surface area (Å²) in [7, 11) is 0. The Morgan fingerprint density at radius 1 is 1.53 bits per heavy atom. The number of hydrogen-bond acceptors (Lipinski definition) is 3. The molecular weight excluding hydrogens is 217 g/mol. The van der Waals surface area contributed by atoms with Crippen LogP contribution in [0.5, 0.6) is 0 Å². The normalized spacial score (nSPS) is 26.9. The van der Waals surface area contributed by atoms with E-state index in [0.29, 0.717) is 12.0 Å². The minimum Gasteiger partial charge on any atom is -0.368 e. The summed E-state index contributed by atoms with van der Waals surface area (Å²) in [6, 6.07) is 2.26. The Labute approximate surface area is 100 Å². The van der Waals surface area contributed by atoms with Crippen LogP contribution < -0.4 is 10.2 Å². The number of nitrogens with zero attached hydrogens (tertiary/aromatic N) is 2. The van der Waals surface area contributed by atoms with Crippen LogP contribution in [-0.2, 0) is 0 Å². The average Bonchev–Trinajstić information content (AvgIpc) is 2.69. The summed E-state index contributed by atoms with van der Waals surface area (Å²) in [5.74, 6) is 2.46. The lowest BCUT2D eigenvalue weighted by atomic mass is 9.99. The van der Waals surface area contributed by atoms with Gasteiger partial charge in [0.25, 0.3) is 0 Å². The predicted molar refractivity (Wildman–Crippen MR) is 64.2 cm³/mol. The van der Waals surface area contributed by atoms with Gasteiger partial charge in [-0.15, -0.1) is 6.42 Å². The zero-order valence-electron chi connectivity index (χ0n) is 9.49. The number of fused-ring (bicyclic) bond motifs is 2. The number of rotatable bonds is 1. The van der Waals surface area contributed by atoms with Crippen LogP contribution in [0.3, 0.4) is 0 Å². The van der Waals surface area contributed by atoms with Crippen molar-refractivity contribution in [1.82, 2.24) is 10.3 Å². The fraction of sp³-hybridized carbons (Fsp3) is 0.462. The molecule has 0 spiro atoms. The second kappa shape index (κ2) is 4.01. The van der Waals surface area contributed by atoms with Gasteiger partial charge in [-0.05, 0) is 18.4 Å². The zero-order chi connectivity index (χ0) is 11.8. The second-order valence-corrected chi connectivity index (χ2v) is 4.79. The summed E-state index contributed by atoms with van der Waals surface area (Å²) in [6.07, 6.45) is 8.07. The fourth-order valence-corrected chi connectivity index (χ4v) is 2.75. The molecule has 0 radical (unpaired) electrons. The zero-order valence-corrected chi connectivity index (χ0v) is 9.49. The van der Waals surface area contributed by atoms with E-state index >= 15 is 0 Å². The third-order valence-corrected chi connectivity index (χ3v) is 3.58. The van der Waals surface area contributed by atoms with E-state index in [1.165, 1.54) is 6.42 Å². The molecule has 0 unspecified atom stereocenters. The highest BCUT2D eigenvalue weighted by Crippen LogP contribution is 2.27. The molecule has 0 saturated carbocycles. The molecule has 17 heavy (non-hydrogen) atoms. The predicted octanol–water partition coefficient (Wildman–Crippen LogP) is 1.00. The van der Waals surface area contributed by atoms with Crippen LogP contribution >= 0.6 is 0 Å². The second-order valence-electron chi connectivity index (χ2n) is 4.79. The SMILES string of the molecule is C#Cc1cc(N2C[C@@H]3CN[C@@H](C3)C2)cnc1F. The van der Waals surface area contributed by atoms with Crippen molar-refractivity contribution < 1.29 is 4.39 Å². The number of pyridine rings is 1. The van der Waals surface area contributed by atoms with Crippen molar-refractivity contribution in [1.29, 1.82) is 0 Å². The van der Waals surface area contributed by atoms with Crippen LogP contribution in [-0.4, -0.2) is 30.7 Å². The first-order chi connectivity index (χ1) is 8.26. The highest BCUT2D eigenvalue weighted by Gasteiger charge is 2.32. The molecule has 2 aliphatic heterocycles. The summed E-state index contributed by atoms with van der Waals surface area (Å²) in [4.78, 5) is 5.97. The minimum atomic E-state index is -0.561. The maximum Gasteiger partial charge on any atom is 0.228 e.